The average molecular weight is 350 g/mol. The van der Waals surface area contributed by atoms with E-state index in [4.69, 9.17) is 21.8 Å². The number of nitrogens with zero attached hydrogens (tertiary/aromatic N) is 2. The summed E-state index contributed by atoms with van der Waals surface area (Å²) < 4.78 is 24.6. The Kier molecular flexibility index (Phi) is 4.77. The molecule has 1 heterocycles. The van der Waals surface area contributed by atoms with E-state index in [1.165, 1.54) is 24.1 Å². The zero-order chi connectivity index (χ0) is 15.6. The topological polar surface area (TPSA) is 113 Å². The lowest BCUT2D eigenvalue weighted by Crippen LogP contribution is -2.18. The van der Waals surface area contributed by atoms with Crippen molar-refractivity contribution in [2.45, 2.75) is 22.6 Å². The minimum atomic E-state index is -3.91. The van der Waals surface area contributed by atoms with Crippen LogP contribution in [0.15, 0.2) is 26.9 Å². The first-order chi connectivity index (χ1) is 9.77. The predicted molar refractivity (Wildman–Crippen MR) is 80.4 cm³/mol. The molecular weight excluding hydrogens is 338 g/mol. The molecule has 114 valence electrons. The fraction of sp³-hybridized carbons (Fsp3) is 0.273. The van der Waals surface area contributed by atoms with E-state index in [9.17, 15) is 13.2 Å². The van der Waals surface area contributed by atoms with E-state index in [1.54, 1.807) is 10.6 Å². The molecule has 3 N–H and O–H groups in total. The lowest BCUT2D eigenvalue weighted by Gasteiger charge is -2.23. The number of aliphatic imine (C=N–C) groups is 1. The fourth-order valence-electron chi connectivity index (χ4n) is 1.68. The highest BCUT2D eigenvalue weighted by Crippen LogP contribution is 2.39. The molecule has 0 bridgehead atoms. The van der Waals surface area contributed by atoms with Crippen LogP contribution in [0.2, 0.25) is 5.02 Å². The van der Waals surface area contributed by atoms with Gasteiger partial charge in [0.2, 0.25) is 10.0 Å². The van der Waals surface area contributed by atoms with Crippen molar-refractivity contribution in [3.05, 3.63) is 17.2 Å². The molecule has 0 fully saturated rings. The van der Waals surface area contributed by atoms with Crippen molar-refractivity contribution in [3.63, 3.8) is 0 Å². The van der Waals surface area contributed by atoms with Crippen LogP contribution in [0.25, 0.3) is 0 Å². The van der Waals surface area contributed by atoms with Gasteiger partial charge >= 0.3 is 5.97 Å². The summed E-state index contributed by atoms with van der Waals surface area (Å²) in [6, 6.07) is 2.81. The zero-order valence-electron chi connectivity index (χ0n) is 10.7. The number of carbonyl (C=O) groups is 1. The van der Waals surface area contributed by atoms with Gasteiger partial charge in [-0.1, -0.05) is 11.6 Å². The van der Waals surface area contributed by atoms with Crippen LogP contribution < -0.4 is 5.14 Å². The van der Waals surface area contributed by atoms with Crippen LogP contribution >= 0.6 is 23.5 Å². The van der Waals surface area contributed by atoms with Gasteiger partial charge in [-0.15, -0.1) is 0 Å². The number of sulfonamides is 1. The smallest absolute Gasteiger partial charge is 0.303 e. The highest BCUT2D eigenvalue weighted by atomic mass is 35.5. The maximum atomic E-state index is 11.4. The van der Waals surface area contributed by atoms with Gasteiger partial charge in [0, 0.05) is 13.0 Å². The summed E-state index contributed by atoms with van der Waals surface area (Å²) in [4.78, 5) is 15.1. The number of hydrogen-bond acceptors (Lipinski definition) is 6. The second-order valence-corrected chi connectivity index (χ2v) is 7.30. The number of aliphatic carboxylic acids is 1. The van der Waals surface area contributed by atoms with Crippen molar-refractivity contribution < 1.29 is 18.3 Å². The Bertz CT molecular complexity index is 706. The van der Waals surface area contributed by atoms with Crippen molar-refractivity contribution in [1.82, 2.24) is 4.31 Å². The molecule has 10 heteroatoms. The standard InChI is InChI=1S/C11H12ClN3O4S2/c12-7-4-8-9(5-10(7)21(13,18)19)20-15(6-14-8)3-1-2-11(16)17/h4-6H,1-3H2,(H,16,17)(H2,13,18,19). The van der Waals surface area contributed by atoms with Gasteiger partial charge in [0.15, 0.2) is 0 Å². The van der Waals surface area contributed by atoms with Crippen LogP contribution in [0.1, 0.15) is 12.8 Å². The summed E-state index contributed by atoms with van der Waals surface area (Å²) in [7, 11) is -3.91. The van der Waals surface area contributed by atoms with Crippen molar-refractivity contribution in [1.29, 1.82) is 0 Å². The van der Waals surface area contributed by atoms with E-state index in [2.05, 4.69) is 4.99 Å². The van der Waals surface area contributed by atoms with E-state index in [1.807, 2.05) is 0 Å². The summed E-state index contributed by atoms with van der Waals surface area (Å²) in [6.45, 7) is 0.479. The summed E-state index contributed by atoms with van der Waals surface area (Å²) in [6.07, 6.45) is 2.07. The summed E-state index contributed by atoms with van der Waals surface area (Å²) in [5, 5.41) is 13.7. The number of rotatable bonds is 5. The largest absolute Gasteiger partial charge is 0.481 e. The van der Waals surface area contributed by atoms with Crippen LogP contribution in [0.3, 0.4) is 0 Å². The van der Waals surface area contributed by atoms with Gasteiger partial charge in [0.25, 0.3) is 0 Å². The Morgan fingerprint density at radius 1 is 1.48 bits per heavy atom. The summed E-state index contributed by atoms with van der Waals surface area (Å²) in [5.74, 6) is -0.863. The zero-order valence-corrected chi connectivity index (χ0v) is 13.1. The van der Waals surface area contributed by atoms with E-state index >= 15 is 0 Å². The normalized spacial score (nSPS) is 14.1. The van der Waals surface area contributed by atoms with E-state index in [-0.39, 0.29) is 16.3 Å². The van der Waals surface area contributed by atoms with Crippen LogP contribution in [0, 0.1) is 0 Å². The third-order valence-electron chi connectivity index (χ3n) is 2.63. The van der Waals surface area contributed by atoms with Gasteiger partial charge in [0.05, 0.1) is 15.6 Å². The molecule has 0 saturated carbocycles. The van der Waals surface area contributed by atoms with Gasteiger partial charge in [-0.3, -0.25) is 4.79 Å². The third kappa shape index (κ3) is 4.10. The molecule has 21 heavy (non-hydrogen) atoms. The number of carboxylic acid groups (broad SMARTS) is 1. The monoisotopic (exact) mass is 349 g/mol. The number of benzene rings is 1. The molecule has 0 aliphatic carbocycles. The molecule has 0 atom stereocenters. The van der Waals surface area contributed by atoms with Crippen LogP contribution in [0.4, 0.5) is 5.69 Å². The molecule has 0 spiro atoms. The Labute approximate surface area is 131 Å². The molecule has 0 saturated heterocycles. The molecule has 0 aromatic heterocycles. The second-order valence-electron chi connectivity index (χ2n) is 4.27. The van der Waals surface area contributed by atoms with Gasteiger partial charge in [-0.25, -0.2) is 18.5 Å². The van der Waals surface area contributed by atoms with Crippen LogP contribution in [-0.4, -0.2) is 36.7 Å². The number of primary sulfonamides is 1. The van der Waals surface area contributed by atoms with Crippen LogP contribution in [0.5, 0.6) is 0 Å². The molecule has 0 amide bonds. The Hall–Kier alpha value is -1.29. The number of hydrogen-bond donors (Lipinski definition) is 2. The van der Waals surface area contributed by atoms with Gasteiger partial charge in [-0.2, -0.15) is 0 Å². The molecule has 7 nitrogen and oxygen atoms in total. The molecule has 1 aromatic carbocycles. The molecule has 1 aliphatic heterocycles. The van der Waals surface area contributed by atoms with Crippen molar-refractivity contribution in [3.8, 4) is 0 Å². The Morgan fingerprint density at radius 3 is 2.81 bits per heavy atom. The SMILES string of the molecule is NS(=O)(=O)c1cc2c(cc1Cl)N=CN(CCCC(=O)O)S2. The van der Waals surface area contributed by atoms with Crippen molar-refractivity contribution in [2.75, 3.05) is 6.54 Å². The van der Waals surface area contributed by atoms with E-state index in [0.717, 1.165) is 0 Å². The molecule has 2 rings (SSSR count). The minimum absolute atomic E-state index is 0.0216. The first-order valence-corrected chi connectivity index (χ1v) is 8.54. The lowest BCUT2D eigenvalue weighted by atomic mass is 10.3. The number of fused-ring (bicyclic) bond motifs is 1. The quantitative estimate of drug-likeness (QED) is 0.784. The maximum absolute atomic E-state index is 11.4. The Morgan fingerprint density at radius 2 is 2.19 bits per heavy atom. The van der Waals surface area contributed by atoms with E-state index < -0.39 is 16.0 Å². The van der Waals surface area contributed by atoms with Crippen molar-refractivity contribution >= 4 is 51.6 Å². The second kappa shape index (κ2) is 6.22. The minimum Gasteiger partial charge on any atom is -0.481 e. The highest BCUT2D eigenvalue weighted by Gasteiger charge is 2.20. The number of nitrogens with two attached hydrogens (primary N) is 1. The number of halogens is 1. The van der Waals surface area contributed by atoms with Gasteiger partial charge in [0.1, 0.15) is 11.2 Å². The van der Waals surface area contributed by atoms with Crippen molar-refractivity contribution in [2.24, 2.45) is 10.1 Å². The van der Waals surface area contributed by atoms with Gasteiger partial charge < -0.3 is 9.41 Å². The van der Waals surface area contributed by atoms with Crippen LogP contribution in [-0.2, 0) is 14.8 Å². The average Bonchev–Trinajstić information content (AvgIpc) is 2.36. The summed E-state index contributed by atoms with van der Waals surface area (Å²) >= 11 is 7.14. The molecule has 0 unspecified atom stereocenters. The molecular formula is C11H12ClN3O4S2. The lowest BCUT2D eigenvalue weighted by molar-refractivity contribution is -0.137. The molecule has 1 aliphatic rings. The maximum Gasteiger partial charge on any atom is 0.303 e. The first-order valence-electron chi connectivity index (χ1n) is 5.84. The van der Waals surface area contributed by atoms with E-state index in [0.29, 0.717) is 23.5 Å². The Balaban J connectivity index is 2.18. The highest BCUT2D eigenvalue weighted by molar-refractivity contribution is 7.97. The first kappa shape index (κ1) is 16.1. The fourth-order valence-corrected chi connectivity index (χ4v) is 3.79. The molecule has 0 radical (unpaired) electrons. The summed E-state index contributed by atoms with van der Waals surface area (Å²) in [5.41, 5.74) is 0.548. The number of carboxylic acids is 1. The molecule has 1 aromatic rings. The van der Waals surface area contributed by atoms with Gasteiger partial charge in [-0.05, 0) is 30.5 Å². The predicted octanol–water partition coefficient (Wildman–Crippen LogP) is 1.83. The third-order valence-corrected chi connectivity index (χ3v) is 5.04.